The van der Waals surface area contributed by atoms with Gasteiger partial charge in [-0.25, -0.2) is 4.79 Å². The van der Waals surface area contributed by atoms with Crippen molar-refractivity contribution >= 4 is 45.9 Å². The number of rotatable bonds is 7. The summed E-state index contributed by atoms with van der Waals surface area (Å²) in [5.74, 6) is -0.558. The number of hydrogen-bond donors (Lipinski definition) is 2. The third-order valence-corrected chi connectivity index (χ3v) is 5.97. The van der Waals surface area contributed by atoms with E-state index < -0.39 is 11.9 Å². The van der Waals surface area contributed by atoms with Gasteiger partial charge in [0.25, 0.3) is 5.91 Å². The molecular weight excluding hydrogens is 390 g/mol. The standard InChI is InChI=1S/C16H21N5O4S2/c1-7(2)13-19-20-16(21(13)4)26-6-9(22)18-14-10(15(24)25-5)8(3)11(27-14)12(17)23/h7H,6H2,1-5H3,(H2,17,23)(H,18,22). The predicted molar refractivity (Wildman–Crippen MR) is 103 cm³/mol. The lowest BCUT2D eigenvalue weighted by Gasteiger charge is -2.07. The van der Waals surface area contributed by atoms with Crippen LogP contribution in [0.25, 0.3) is 0 Å². The second kappa shape index (κ2) is 8.53. The topological polar surface area (TPSA) is 129 Å². The number of aromatic nitrogens is 3. The van der Waals surface area contributed by atoms with Crippen LogP contribution in [0.3, 0.4) is 0 Å². The number of nitrogens with zero attached hydrogens (tertiary/aromatic N) is 3. The van der Waals surface area contributed by atoms with Crippen molar-refractivity contribution < 1.29 is 19.1 Å². The number of methoxy groups -OCH3 is 1. The van der Waals surface area contributed by atoms with Gasteiger partial charge in [0.15, 0.2) is 5.16 Å². The molecule has 2 aromatic rings. The number of nitrogens with two attached hydrogens (primary N) is 1. The molecule has 0 fully saturated rings. The van der Waals surface area contributed by atoms with Crippen LogP contribution in [0.5, 0.6) is 0 Å². The van der Waals surface area contributed by atoms with Crippen molar-refractivity contribution in [1.29, 1.82) is 0 Å². The molecule has 2 rings (SSSR count). The molecule has 146 valence electrons. The Morgan fingerprint density at radius 3 is 2.52 bits per heavy atom. The summed E-state index contributed by atoms with van der Waals surface area (Å²) in [6, 6.07) is 0. The molecule has 0 aromatic carbocycles. The molecule has 0 radical (unpaired) electrons. The van der Waals surface area contributed by atoms with E-state index in [9.17, 15) is 14.4 Å². The lowest BCUT2D eigenvalue weighted by Crippen LogP contribution is -2.16. The Bertz CT molecular complexity index is 888. The maximum atomic E-state index is 12.3. The highest BCUT2D eigenvalue weighted by Crippen LogP contribution is 2.33. The molecular formula is C16H21N5O4S2. The van der Waals surface area contributed by atoms with Gasteiger partial charge in [-0.3, -0.25) is 9.59 Å². The number of primary amides is 1. The van der Waals surface area contributed by atoms with Gasteiger partial charge in [-0.05, 0) is 12.5 Å². The zero-order valence-corrected chi connectivity index (χ0v) is 17.3. The van der Waals surface area contributed by atoms with E-state index in [0.29, 0.717) is 10.7 Å². The minimum Gasteiger partial charge on any atom is -0.465 e. The molecule has 0 spiro atoms. The van der Waals surface area contributed by atoms with Crippen LogP contribution in [0.4, 0.5) is 5.00 Å². The summed E-state index contributed by atoms with van der Waals surface area (Å²) in [4.78, 5) is 36.1. The van der Waals surface area contributed by atoms with E-state index in [1.165, 1.54) is 18.9 Å². The third kappa shape index (κ3) is 4.48. The van der Waals surface area contributed by atoms with Gasteiger partial charge in [0.1, 0.15) is 10.8 Å². The van der Waals surface area contributed by atoms with Crippen LogP contribution in [-0.2, 0) is 16.6 Å². The van der Waals surface area contributed by atoms with Crippen LogP contribution in [0.15, 0.2) is 5.16 Å². The summed E-state index contributed by atoms with van der Waals surface area (Å²) < 4.78 is 6.58. The Balaban J connectivity index is 2.15. The van der Waals surface area contributed by atoms with Gasteiger partial charge >= 0.3 is 5.97 Å². The summed E-state index contributed by atoms with van der Waals surface area (Å²) >= 11 is 2.17. The number of carbonyl (C=O) groups is 3. The van der Waals surface area contributed by atoms with Gasteiger partial charge in [0.2, 0.25) is 5.91 Å². The van der Waals surface area contributed by atoms with Crippen LogP contribution in [0.2, 0.25) is 0 Å². The molecule has 0 bridgehead atoms. The molecule has 27 heavy (non-hydrogen) atoms. The molecule has 0 aliphatic heterocycles. The molecule has 0 saturated heterocycles. The SMILES string of the molecule is COC(=O)c1c(NC(=O)CSc2nnc(C(C)C)n2C)sc(C(N)=O)c1C. The fourth-order valence-electron chi connectivity index (χ4n) is 2.43. The number of ether oxygens (including phenoxy) is 1. The zero-order valence-electron chi connectivity index (χ0n) is 15.7. The summed E-state index contributed by atoms with van der Waals surface area (Å²) in [6.07, 6.45) is 0. The van der Waals surface area contributed by atoms with Gasteiger partial charge in [0, 0.05) is 13.0 Å². The van der Waals surface area contributed by atoms with Crippen LogP contribution >= 0.6 is 23.1 Å². The zero-order chi connectivity index (χ0) is 20.3. The second-order valence-corrected chi connectivity index (χ2v) is 7.97. The number of amides is 2. The molecule has 0 atom stereocenters. The first-order chi connectivity index (χ1) is 12.7. The number of thioether (sulfide) groups is 1. The highest BCUT2D eigenvalue weighted by atomic mass is 32.2. The highest BCUT2D eigenvalue weighted by Gasteiger charge is 2.25. The van der Waals surface area contributed by atoms with Crippen molar-refractivity contribution in [3.05, 3.63) is 21.8 Å². The minimum atomic E-state index is -0.669. The quantitative estimate of drug-likeness (QED) is 0.526. The molecule has 11 heteroatoms. The van der Waals surface area contributed by atoms with Crippen molar-refractivity contribution in [3.8, 4) is 0 Å². The summed E-state index contributed by atoms with van der Waals surface area (Å²) in [5.41, 5.74) is 5.85. The average molecular weight is 412 g/mol. The smallest absolute Gasteiger partial charge is 0.341 e. The number of thiophene rings is 1. The lowest BCUT2D eigenvalue weighted by molar-refractivity contribution is -0.113. The fraction of sp³-hybridized carbons (Fsp3) is 0.438. The van der Waals surface area contributed by atoms with Crippen molar-refractivity contribution in [3.63, 3.8) is 0 Å². The Morgan fingerprint density at radius 2 is 2.00 bits per heavy atom. The Hall–Kier alpha value is -2.40. The van der Waals surface area contributed by atoms with Crippen LogP contribution < -0.4 is 11.1 Å². The highest BCUT2D eigenvalue weighted by molar-refractivity contribution is 7.99. The normalized spacial score (nSPS) is 10.9. The molecule has 0 aliphatic carbocycles. The van der Waals surface area contributed by atoms with E-state index in [1.807, 2.05) is 25.5 Å². The first kappa shape index (κ1) is 20.9. The number of esters is 1. The second-order valence-electron chi connectivity index (χ2n) is 6.01. The largest absolute Gasteiger partial charge is 0.465 e. The van der Waals surface area contributed by atoms with Gasteiger partial charge in [-0.2, -0.15) is 0 Å². The molecule has 3 N–H and O–H groups in total. The summed E-state index contributed by atoms with van der Waals surface area (Å²) in [6.45, 7) is 5.60. The lowest BCUT2D eigenvalue weighted by atomic mass is 10.1. The monoisotopic (exact) mass is 411 g/mol. The molecule has 2 aromatic heterocycles. The molecule has 2 heterocycles. The van der Waals surface area contributed by atoms with Gasteiger partial charge in [0.05, 0.1) is 23.3 Å². The maximum absolute atomic E-state index is 12.3. The molecule has 0 unspecified atom stereocenters. The Kier molecular flexibility index (Phi) is 6.60. The molecule has 0 saturated carbocycles. The van der Waals surface area contributed by atoms with Gasteiger partial charge in [-0.1, -0.05) is 25.6 Å². The number of anilines is 1. The van der Waals surface area contributed by atoms with Crippen LogP contribution in [0.1, 0.15) is 51.2 Å². The number of hydrogen-bond acceptors (Lipinski definition) is 8. The molecule has 0 aliphatic rings. The first-order valence-electron chi connectivity index (χ1n) is 8.00. The van der Waals surface area contributed by atoms with E-state index >= 15 is 0 Å². The van der Waals surface area contributed by atoms with E-state index in [0.717, 1.165) is 17.2 Å². The van der Waals surface area contributed by atoms with Crippen molar-refractivity contribution in [2.45, 2.75) is 31.8 Å². The van der Waals surface area contributed by atoms with Crippen molar-refractivity contribution in [2.75, 3.05) is 18.2 Å². The van der Waals surface area contributed by atoms with Gasteiger partial charge < -0.3 is 20.4 Å². The van der Waals surface area contributed by atoms with Crippen LogP contribution in [0, 0.1) is 6.92 Å². The third-order valence-electron chi connectivity index (χ3n) is 3.73. The van der Waals surface area contributed by atoms with E-state index in [2.05, 4.69) is 15.5 Å². The summed E-state index contributed by atoms with van der Waals surface area (Å²) in [5, 5.41) is 11.7. The van der Waals surface area contributed by atoms with Crippen molar-refractivity contribution in [1.82, 2.24) is 14.8 Å². The Labute approximate surface area is 164 Å². The number of carbonyl (C=O) groups excluding carboxylic acids is 3. The number of nitrogens with one attached hydrogen (secondary N) is 1. The Morgan fingerprint density at radius 1 is 1.33 bits per heavy atom. The molecule has 2 amide bonds. The first-order valence-corrected chi connectivity index (χ1v) is 9.81. The fourth-order valence-corrected chi connectivity index (χ4v) is 4.21. The predicted octanol–water partition coefficient (Wildman–Crippen LogP) is 1.92. The van der Waals surface area contributed by atoms with E-state index in [1.54, 1.807) is 6.92 Å². The van der Waals surface area contributed by atoms with E-state index in [4.69, 9.17) is 10.5 Å². The maximum Gasteiger partial charge on any atom is 0.341 e. The van der Waals surface area contributed by atoms with Crippen molar-refractivity contribution in [2.24, 2.45) is 12.8 Å². The molecule has 9 nitrogen and oxygen atoms in total. The van der Waals surface area contributed by atoms with E-state index in [-0.39, 0.29) is 33.0 Å². The van der Waals surface area contributed by atoms with Gasteiger partial charge in [-0.15, -0.1) is 21.5 Å². The summed E-state index contributed by atoms with van der Waals surface area (Å²) in [7, 11) is 3.07. The average Bonchev–Trinajstić information content (AvgIpc) is 3.12. The minimum absolute atomic E-state index is 0.0630. The van der Waals surface area contributed by atoms with Crippen LogP contribution in [-0.4, -0.2) is 45.4 Å².